The summed E-state index contributed by atoms with van der Waals surface area (Å²) in [7, 11) is 0. The molecule has 36 heavy (non-hydrogen) atoms. The Hall–Kier alpha value is -1.46. The van der Waals surface area contributed by atoms with Gasteiger partial charge in [-0.2, -0.15) is 0 Å². The van der Waals surface area contributed by atoms with Gasteiger partial charge in [-0.3, -0.25) is 4.79 Å². The topological polar surface area (TPSA) is 50.7 Å². The molecule has 0 saturated heterocycles. The van der Waals surface area contributed by atoms with Crippen molar-refractivity contribution in [2.75, 3.05) is 5.32 Å². The minimum atomic E-state index is -0.0788. The average Bonchev–Trinajstić information content (AvgIpc) is 3.18. The number of amides is 1. The third-order valence-electron chi connectivity index (χ3n) is 6.44. The van der Waals surface area contributed by atoms with Gasteiger partial charge < -0.3 is 10.1 Å². The molecule has 4 nitrogen and oxygen atoms in total. The van der Waals surface area contributed by atoms with Crippen molar-refractivity contribution in [1.82, 2.24) is 0 Å². The number of hydrogen-bond acceptors (Lipinski definition) is 4. The maximum Gasteiger partial charge on any atom is 0.259 e. The van der Waals surface area contributed by atoms with Gasteiger partial charge in [0.25, 0.3) is 5.91 Å². The Morgan fingerprint density at radius 1 is 1.17 bits per heavy atom. The molecule has 2 aromatic carbocycles. The van der Waals surface area contributed by atoms with Gasteiger partial charge in [-0.15, -0.1) is 11.3 Å². The monoisotopic (exact) mass is 726 g/mol. The predicted octanol–water partition coefficient (Wildman–Crippen LogP) is 8.90. The third-order valence-corrected chi connectivity index (χ3v) is 9.20. The Kier molecular flexibility index (Phi) is 8.82. The summed E-state index contributed by atoms with van der Waals surface area (Å²) >= 11 is 6.30. The second-order valence-corrected chi connectivity index (χ2v) is 14.0. The lowest BCUT2D eigenvalue weighted by molar-refractivity contribution is 0.102. The van der Waals surface area contributed by atoms with Crippen LogP contribution in [0.25, 0.3) is 0 Å². The number of benzene rings is 2. The smallest absolute Gasteiger partial charge is 0.259 e. The number of halogens is 2. The SMILES string of the molecule is CC(C)Oc1c(I)cc(C=Nc2sc3c(c2C(=O)Nc2ccccc2)CC[C@@H](C(C)(C)C)C3)cc1I. The first-order valence-corrected chi connectivity index (χ1v) is 15.2. The standard InChI is InChI=1S/C29H32I2N2O2S/c1-17(2)35-26-22(30)13-18(14-23(26)31)16-32-28-25(27(34)33-20-9-7-6-8-10-20)21-12-11-19(29(3,4)5)15-24(21)36-28/h6-10,13-14,16-17,19H,11-12,15H2,1-5H3,(H,33,34)/t19-/m1/s1. The Balaban J connectivity index is 1.70. The number of carbonyl (C=O) groups excluding carboxylic acids is 1. The molecular formula is C29H32I2N2O2S. The summed E-state index contributed by atoms with van der Waals surface area (Å²) in [6.07, 6.45) is 5.00. The molecule has 190 valence electrons. The summed E-state index contributed by atoms with van der Waals surface area (Å²) < 4.78 is 8.09. The van der Waals surface area contributed by atoms with E-state index in [1.165, 1.54) is 10.4 Å². The minimum Gasteiger partial charge on any atom is -0.489 e. The summed E-state index contributed by atoms with van der Waals surface area (Å²) in [5.74, 6) is 1.43. The van der Waals surface area contributed by atoms with Crippen molar-refractivity contribution in [3.05, 3.63) is 71.2 Å². The normalized spacial score (nSPS) is 15.8. The number of nitrogens with zero attached hydrogens (tertiary/aromatic N) is 1. The lowest BCUT2D eigenvalue weighted by Gasteiger charge is -2.33. The first-order valence-electron chi connectivity index (χ1n) is 12.2. The van der Waals surface area contributed by atoms with Crippen LogP contribution in [0, 0.1) is 18.5 Å². The maximum absolute atomic E-state index is 13.5. The van der Waals surface area contributed by atoms with E-state index in [4.69, 9.17) is 9.73 Å². The van der Waals surface area contributed by atoms with Crippen molar-refractivity contribution in [3.8, 4) is 5.75 Å². The van der Waals surface area contributed by atoms with E-state index in [2.05, 4.69) is 83.4 Å². The van der Waals surface area contributed by atoms with Gasteiger partial charge in [0, 0.05) is 16.8 Å². The summed E-state index contributed by atoms with van der Waals surface area (Å²) in [5, 5.41) is 3.88. The number of fused-ring (bicyclic) bond motifs is 1. The molecule has 0 unspecified atom stereocenters. The third kappa shape index (κ3) is 6.51. The molecule has 7 heteroatoms. The molecule has 0 fully saturated rings. The first kappa shape index (κ1) is 27.6. The van der Waals surface area contributed by atoms with E-state index in [9.17, 15) is 4.79 Å². The maximum atomic E-state index is 13.5. The van der Waals surface area contributed by atoms with E-state index in [1.54, 1.807) is 11.3 Å². The number of ether oxygens (including phenoxy) is 1. The number of anilines is 1. The molecule has 0 spiro atoms. The minimum absolute atomic E-state index is 0.0788. The molecule has 1 aliphatic rings. The number of aliphatic imine (C=N–C) groups is 1. The Bertz CT molecular complexity index is 1250. The van der Waals surface area contributed by atoms with Crippen molar-refractivity contribution in [2.45, 2.75) is 60.0 Å². The van der Waals surface area contributed by atoms with Crippen molar-refractivity contribution in [3.63, 3.8) is 0 Å². The Morgan fingerprint density at radius 2 is 1.83 bits per heavy atom. The fourth-order valence-corrected chi connectivity index (χ4v) is 7.83. The number of thiophene rings is 1. The first-order chi connectivity index (χ1) is 17.0. The van der Waals surface area contributed by atoms with Crippen LogP contribution in [-0.2, 0) is 12.8 Å². The second-order valence-electron chi connectivity index (χ2n) is 10.5. The van der Waals surface area contributed by atoms with Crippen molar-refractivity contribution >= 4 is 79.3 Å². The molecule has 1 aromatic heterocycles. The number of hydrogen-bond donors (Lipinski definition) is 1. The van der Waals surface area contributed by atoms with Crippen molar-refractivity contribution < 1.29 is 9.53 Å². The molecule has 1 aliphatic carbocycles. The van der Waals surface area contributed by atoms with Crippen LogP contribution in [0.3, 0.4) is 0 Å². The molecule has 1 amide bonds. The molecule has 0 radical (unpaired) electrons. The molecule has 0 aliphatic heterocycles. The van der Waals surface area contributed by atoms with Crippen LogP contribution < -0.4 is 10.1 Å². The van der Waals surface area contributed by atoms with E-state index in [0.29, 0.717) is 5.92 Å². The summed E-state index contributed by atoms with van der Waals surface area (Å²) in [4.78, 5) is 19.7. The van der Waals surface area contributed by atoms with Gasteiger partial charge in [-0.25, -0.2) is 4.99 Å². The summed E-state index contributed by atoms with van der Waals surface area (Å²) in [6.45, 7) is 11.0. The zero-order valence-electron chi connectivity index (χ0n) is 21.3. The van der Waals surface area contributed by atoms with Crippen molar-refractivity contribution in [1.29, 1.82) is 0 Å². The van der Waals surface area contributed by atoms with E-state index >= 15 is 0 Å². The molecule has 1 heterocycles. The van der Waals surface area contributed by atoms with Gasteiger partial charge in [0.05, 0.1) is 18.8 Å². The Labute approximate surface area is 245 Å². The van der Waals surface area contributed by atoms with Crippen LogP contribution in [0.1, 0.15) is 67.4 Å². The van der Waals surface area contributed by atoms with E-state index in [1.807, 2.05) is 50.4 Å². The zero-order valence-corrected chi connectivity index (χ0v) is 26.5. The molecule has 0 bridgehead atoms. The summed E-state index contributed by atoms with van der Waals surface area (Å²) in [5.41, 5.74) is 3.93. The van der Waals surface area contributed by atoms with Crippen LogP contribution in [-0.4, -0.2) is 18.2 Å². The number of nitrogens with one attached hydrogen (secondary N) is 1. The van der Waals surface area contributed by atoms with Gasteiger partial charge in [0.1, 0.15) is 10.8 Å². The van der Waals surface area contributed by atoms with Gasteiger partial charge in [-0.05, 0) is 125 Å². The van der Waals surface area contributed by atoms with Crippen LogP contribution in [0.4, 0.5) is 10.7 Å². The average molecular weight is 726 g/mol. The fourth-order valence-electron chi connectivity index (χ4n) is 4.49. The lowest BCUT2D eigenvalue weighted by Crippen LogP contribution is -2.27. The van der Waals surface area contributed by atoms with Crippen molar-refractivity contribution in [2.24, 2.45) is 16.3 Å². The number of rotatable bonds is 6. The van der Waals surface area contributed by atoms with Crippen LogP contribution in [0.5, 0.6) is 5.75 Å². The molecule has 4 rings (SSSR count). The molecule has 3 aromatic rings. The van der Waals surface area contributed by atoms with E-state index in [0.717, 1.165) is 54.0 Å². The van der Waals surface area contributed by atoms with Gasteiger partial charge >= 0.3 is 0 Å². The van der Waals surface area contributed by atoms with Crippen LogP contribution in [0.2, 0.25) is 0 Å². The molecule has 1 atom stereocenters. The number of carbonyl (C=O) groups is 1. The molecule has 1 N–H and O–H groups in total. The highest BCUT2D eigenvalue weighted by molar-refractivity contribution is 14.1. The van der Waals surface area contributed by atoms with E-state index in [-0.39, 0.29) is 17.4 Å². The molecule has 0 saturated carbocycles. The Morgan fingerprint density at radius 3 is 2.44 bits per heavy atom. The van der Waals surface area contributed by atoms with Crippen LogP contribution in [0.15, 0.2) is 47.5 Å². The molecular weight excluding hydrogens is 694 g/mol. The quantitative estimate of drug-likeness (QED) is 0.204. The van der Waals surface area contributed by atoms with Gasteiger partial charge in [0.2, 0.25) is 0 Å². The van der Waals surface area contributed by atoms with Crippen LogP contribution >= 0.6 is 56.5 Å². The number of para-hydroxylation sites is 1. The highest BCUT2D eigenvalue weighted by Crippen LogP contribution is 2.45. The van der Waals surface area contributed by atoms with E-state index < -0.39 is 0 Å². The highest BCUT2D eigenvalue weighted by Gasteiger charge is 2.33. The van der Waals surface area contributed by atoms with Gasteiger partial charge in [0.15, 0.2) is 0 Å². The second kappa shape index (κ2) is 11.5. The fraction of sp³-hybridized carbons (Fsp3) is 0.379. The van der Waals surface area contributed by atoms with Gasteiger partial charge in [-0.1, -0.05) is 39.0 Å². The highest BCUT2D eigenvalue weighted by atomic mass is 127. The largest absolute Gasteiger partial charge is 0.489 e. The lowest BCUT2D eigenvalue weighted by atomic mass is 9.72. The predicted molar refractivity (Wildman–Crippen MR) is 169 cm³/mol. The zero-order chi connectivity index (χ0) is 26.0. The summed E-state index contributed by atoms with van der Waals surface area (Å²) in [6, 6.07) is 13.8.